The standard InChI is InChI=1S/C19H12F6O2/c20-15(21)17(24)26-19(27-18(25)16(22)23)14-9-5-4-8-13(14)11-10-12-6-2-1-3-7-12/h1-11,19H/b11-10+. The summed E-state index contributed by atoms with van der Waals surface area (Å²) in [6, 6.07) is 9.80. The summed E-state index contributed by atoms with van der Waals surface area (Å²) in [5, 5.41) is 0. The molecule has 2 nitrogen and oxygen atoms in total. The van der Waals surface area contributed by atoms with Gasteiger partial charge >= 0.3 is 24.2 Å². The molecule has 2 rings (SSSR count). The van der Waals surface area contributed by atoms with Crippen molar-refractivity contribution in [3.8, 4) is 0 Å². The summed E-state index contributed by atoms with van der Waals surface area (Å²) in [4.78, 5) is 0. The van der Waals surface area contributed by atoms with Crippen LogP contribution in [-0.4, -0.2) is 0 Å². The zero-order valence-corrected chi connectivity index (χ0v) is 13.5. The van der Waals surface area contributed by atoms with Crippen molar-refractivity contribution in [2.45, 2.75) is 6.29 Å². The molecule has 0 aliphatic heterocycles. The van der Waals surface area contributed by atoms with Crippen molar-refractivity contribution in [1.82, 2.24) is 0 Å². The molecule has 0 fully saturated rings. The Morgan fingerprint density at radius 1 is 0.667 bits per heavy atom. The van der Waals surface area contributed by atoms with Gasteiger partial charge in [-0.2, -0.15) is 26.3 Å². The van der Waals surface area contributed by atoms with Gasteiger partial charge in [0, 0.05) is 5.56 Å². The van der Waals surface area contributed by atoms with Gasteiger partial charge in [-0.25, -0.2) is 0 Å². The highest BCUT2D eigenvalue weighted by Crippen LogP contribution is 2.31. The van der Waals surface area contributed by atoms with Crippen LogP contribution in [-0.2, 0) is 9.47 Å². The summed E-state index contributed by atoms with van der Waals surface area (Å²) < 4.78 is 84.1. The Morgan fingerprint density at radius 2 is 1.19 bits per heavy atom. The second kappa shape index (κ2) is 9.51. The third-order valence-corrected chi connectivity index (χ3v) is 3.22. The van der Waals surface area contributed by atoms with E-state index in [1.54, 1.807) is 42.5 Å². The van der Waals surface area contributed by atoms with Crippen molar-refractivity contribution in [2.75, 3.05) is 0 Å². The van der Waals surface area contributed by atoms with E-state index in [1.807, 2.05) is 0 Å². The van der Waals surface area contributed by atoms with Gasteiger partial charge in [-0.05, 0) is 11.1 Å². The number of rotatable bonds is 7. The van der Waals surface area contributed by atoms with Crippen LogP contribution in [0.2, 0.25) is 0 Å². The van der Waals surface area contributed by atoms with E-state index >= 15 is 0 Å². The molecule has 27 heavy (non-hydrogen) atoms. The Balaban J connectivity index is 2.41. The first-order chi connectivity index (χ1) is 12.9. The number of benzene rings is 2. The van der Waals surface area contributed by atoms with Crippen LogP contribution in [0.5, 0.6) is 0 Å². The van der Waals surface area contributed by atoms with E-state index in [0.717, 1.165) is 5.56 Å². The van der Waals surface area contributed by atoms with Gasteiger partial charge in [-0.15, -0.1) is 0 Å². The molecule has 0 bridgehead atoms. The third kappa shape index (κ3) is 5.95. The van der Waals surface area contributed by atoms with Crippen LogP contribution >= 0.6 is 0 Å². The van der Waals surface area contributed by atoms with Crippen molar-refractivity contribution in [3.63, 3.8) is 0 Å². The first-order valence-electron chi connectivity index (χ1n) is 7.45. The van der Waals surface area contributed by atoms with Crippen molar-refractivity contribution >= 4 is 12.2 Å². The van der Waals surface area contributed by atoms with Gasteiger partial charge in [0.1, 0.15) is 0 Å². The molecule has 142 valence electrons. The molecule has 2 aromatic carbocycles. The lowest BCUT2D eigenvalue weighted by atomic mass is 10.1. The first-order valence-corrected chi connectivity index (χ1v) is 7.45. The van der Waals surface area contributed by atoms with Crippen LogP contribution in [0.4, 0.5) is 26.3 Å². The Hall–Kier alpha value is -3.16. The Kier molecular flexibility index (Phi) is 7.10. The van der Waals surface area contributed by atoms with Gasteiger partial charge in [0.15, 0.2) is 0 Å². The average Bonchev–Trinajstić information content (AvgIpc) is 2.66. The molecule has 0 saturated heterocycles. The summed E-state index contributed by atoms with van der Waals surface area (Å²) in [6.45, 7) is 0. The molecule has 0 aliphatic carbocycles. The van der Waals surface area contributed by atoms with E-state index < -0.39 is 30.5 Å². The smallest absolute Gasteiger partial charge is 0.342 e. The second-order valence-electron chi connectivity index (χ2n) is 5.01. The molecule has 0 atom stereocenters. The highest BCUT2D eigenvalue weighted by atomic mass is 19.3. The largest absolute Gasteiger partial charge is 0.422 e. The third-order valence-electron chi connectivity index (χ3n) is 3.22. The Bertz CT molecular complexity index is 828. The number of hydrogen-bond donors (Lipinski definition) is 0. The predicted octanol–water partition coefficient (Wildman–Crippen LogP) is 6.96. The summed E-state index contributed by atoms with van der Waals surface area (Å²) in [5.41, 5.74) is 0.885. The van der Waals surface area contributed by atoms with Gasteiger partial charge < -0.3 is 9.47 Å². The molecule has 8 heteroatoms. The van der Waals surface area contributed by atoms with Crippen LogP contribution in [0.15, 0.2) is 78.8 Å². The zero-order valence-electron chi connectivity index (χ0n) is 13.5. The number of hydrogen-bond acceptors (Lipinski definition) is 2. The lowest BCUT2D eigenvalue weighted by Gasteiger charge is -2.19. The van der Waals surface area contributed by atoms with Crippen LogP contribution in [0.1, 0.15) is 23.0 Å². The molecule has 0 unspecified atom stereocenters. The molecular formula is C19H12F6O2. The molecule has 0 radical (unpaired) electrons. The molecule has 0 N–H and O–H groups in total. The van der Waals surface area contributed by atoms with Crippen molar-refractivity contribution < 1.29 is 35.8 Å². The maximum absolute atomic E-state index is 13.2. The molecule has 0 aromatic heterocycles. The minimum Gasteiger partial charge on any atom is -0.422 e. The van der Waals surface area contributed by atoms with Crippen LogP contribution in [0.25, 0.3) is 12.2 Å². The molecule has 0 spiro atoms. The topological polar surface area (TPSA) is 18.5 Å². The first kappa shape index (κ1) is 20.2. The minimum absolute atomic E-state index is 0.141. The highest BCUT2D eigenvalue weighted by molar-refractivity contribution is 5.71. The summed E-state index contributed by atoms with van der Waals surface area (Å²) in [5.74, 6) is 0. The molecule has 0 heterocycles. The summed E-state index contributed by atoms with van der Waals surface area (Å²) in [7, 11) is 0. The van der Waals surface area contributed by atoms with E-state index in [1.165, 1.54) is 24.3 Å². The fourth-order valence-electron chi connectivity index (χ4n) is 2.06. The lowest BCUT2D eigenvalue weighted by Crippen LogP contribution is -2.09. The fourth-order valence-corrected chi connectivity index (χ4v) is 2.06. The molecule has 0 aliphatic rings. The van der Waals surface area contributed by atoms with E-state index in [2.05, 4.69) is 9.47 Å². The second-order valence-corrected chi connectivity index (χ2v) is 5.01. The minimum atomic E-state index is -2.84. The van der Waals surface area contributed by atoms with E-state index in [4.69, 9.17) is 0 Å². The van der Waals surface area contributed by atoms with Gasteiger partial charge in [0.05, 0.1) is 0 Å². The van der Waals surface area contributed by atoms with E-state index in [-0.39, 0.29) is 11.1 Å². The van der Waals surface area contributed by atoms with Crippen molar-refractivity contribution in [1.29, 1.82) is 0 Å². The summed E-state index contributed by atoms with van der Waals surface area (Å²) >= 11 is 0. The van der Waals surface area contributed by atoms with E-state index in [0.29, 0.717) is 0 Å². The van der Waals surface area contributed by atoms with Gasteiger partial charge in [-0.1, -0.05) is 66.7 Å². The molecule has 0 amide bonds. The predicted molar refractivity (Wildman–Crippen MR) is 87.4 cm³/mol. The maximum atomic E-state index is 13.2. The molecule has 0 saturated carbocycles. The summed E-state index contributed by atoms with van der Waals surface area (Å²) in [6.07, 6.45) is -4.77. The molecular weight excluding hydrogens is 374 g/mol. The lowest BCUT2D eigenvalue weighted by molar-refractivity contribution is -0.131. The van der Waals surface area contributed by atoms with Crippen molar-refractivity contribution in [2.24, 2.45) is 0 Å². The molecule has 2 aromatic rings. The Morgan fingerprint density at radius 3 is 1.74 bits per heavy atom. The number of ether oxygens (including phenoxy) is 2. The van der Waals surface area contributed by atoms with Gasteiger partial charge in [0.25, 0.3) is 6.29 Å². The fraction of sp³-hybridized carbons (Fsp3) is 0.0526. The normalized spacial score (nSPS) is 10.8. The zero-order chi connectivity index (χ0) is 19.8. The van der Waals surface area contributed by atoms with E-state index in [9.17, 15) is 26.3 Å². The maximum Gasteiger partial charge on any atom is 0.342 e. The average molecular weight is 386 g/mol. The highest BCUT2D eigenvalue weighted by Gasteiger charge is 2.24. The van der Waals surface area contributed by atoms with Crippen LogP contribution < -0.4 is 0 Å². The quantitative estimate of drug-likeness (QED) is 0.222. The van der Waals surface area contributed by atoms with Crippen molar-refractivity contribution in [3.05, 3.63) is 95.5 Å². The Labute approximate surface area is 150 Å². The number of halogens is 6. The van der Waals surface area contributed by atoms with Gasteiger partial charge in [0.2, 0.25) is 0 Å². The monoisotopic (exact) mass is 386 g/mol. The SMILES string of the molecule is FC(F)=C(F)OC(OC(F)=C(F)F)c1ccccc1/C=C/c1ccccc1. The van der Waals surface area contributed by atoms with Crippen LogP contribution in [0, 0.1) is 0 Å². The van der Waals surface area contributed by atoms with Gasteiger partial charge in [-0.3, -0.25) is 0 Å². The van der Waals surface area contributed by atoms with Crippen LogP contribution in [0.3, 0.4) is 0 Å².